The molecule has 0 radical (unpaired) electrons. The minimum absolute atomic E-state index is 0.190. The molecule has 0 amide bonds. The van der Waals surface area contributed by atoms with Crippen molar-refractivity contribution in [2.45, 2.75) is 106 Å². The van der Waals surface area contributed by atoms with Crippen LogP contribution in [-0.2, 0) is 10.8 Å². The van der Waals surface area contributed by atoms with E-state index in [0.29, 0.717) is 0 Å². The molecule has 4 heteroatoms. The standard InChI is InChI=1S/C68H60N2O2/c1-35(2)43-29-41-21-24-56(70-54-18-14-16-20-60(54)72-62-32-48-46-26-38(6)40(8)28-50(46)68(11,12)52(48)34-58(62)70)66-44(36(3)4)30-42-22-23-55(65(43)63(42)64(41)66)69-53-17-13-15-19-59(53)71-61-31-47-45-25-37(5)39(7)27-49(45)67(9,10)51(47)33-57(61)69/h13-36H,1-12H3. The van der Waals surface area contributed by atoms with Crippen molar-refractivity contribution in [3.63, 3.8) is 0 Å². The van der Waals surface area contributed by atoms with Gasteiger partial charge in [0.15, 0.2) is 23.0 Å². The van der Waals surface area contributed by atoms with Gasteiger partial charge in [0.05, 0.1) is 34.1 Å². The zero-order valence-electron chi connectivity index (χ0n) is 43.6. The van der Waals surface area contributed by atoms with Gasteiger partial charge in [0, 0.05) is 21.6 Å². The second-order valence-electron chi connectivity index (χ2n) is 23.1. The number of para-hydroxylation sites is 4. The van der Waals surface area contributed by atoms with E-state index in [-0.39, 0.29) is 22.7 Å². The number of fused-ring (bicyclic) bond motifs is 10. The first-order valence-electron chi connectivity index (χ1n) is 26.0. The summed E-state index contributed by atoms with van der Waals surface area (Å²) < 4.78 is 14.0. The van der Waals surface area contributed by atoms with E-state index in [1.807, 2.05) is 0 Å². The third-order valence-electron chi connectivity index (χ3n) is 17.5. The van der Waals surface area contributed by atoms with Crippen LogP contribution in [0.3, 0.4) is 0 Å². The van der Waals surface area contributed by atoms with Gasteiger partial charge in [0.1, 0.15) is 0 Å². The lowest BCUT2D eigenvalue weighted by Gasteiger charge is -2.37. The number of anilines is 6. The minimum atomic E-state index is -0.190. The molecule has 0 atom stereocenters. The van der Waals surface area contributed by atoms with E-state index in [9.17, 15) is 0 Å². The molecule has 10 aromatic carbocycles. The average Bonchev–Trinajstić information content (AvgIpc) is 3.69. The topological polar surface area (TPSA) is 24.9 Å². The van der Waals surface area contributed by atoms with Crippen molar-refractivity contribution in [3.05, 3.63) is 189 Å². The fourth-order valence-electron chi connectivity index (χ4n) is 13.3. The van der Waals surface area contributed by atoms with Crippen molar-refractivity contribution in [1.29, 1.82) is 0 Å². The Hall–Kier alpha value is -7.56. The van der Waals surface area contributed by atoms with Gasteiger partial charge in [0.25, 0.3) is 0 Å². The number of ether oxygens (including phenoxy) is 2. The van der Waals surface area contributed by atoms with Crippen molar-refractivity contribution in [2.75, 3.05) is 9.80 Å². The Labute approximate surface area is 423 Å². The largest absolute Gasteiger partial charge is 0.453 e. The van der Waals surface area contributed by atoms with Gasteiger partial charge in [-0.05, 0) is 200 Å². The molecule has 0 spiro atoms. The van der Waals surface area contributed by atoms with E-state index in [2.05, 4.69) is 226 Å². The quantitative estimate of drug-likeness (QED) is 0.164. The second kappa shape index (κ2) is 14.5. The van der Waals surface area contributed by atoms with Crippen LogP contribution in [0, 0.1) is 27.7 Å². The molecule has 0 aromatic heterocycles. The Bertz CT molecular complexity index is 3790. The highest BCUT2D eigenvalue weighted by molar-refractivity contribution is 6.30. The number of nitrogens with zero attached hydrogens (tertiary/aromatic N) is 2. The van der Waals surface area contributed by atoms with E-state index in [4.69, 9.17) is 9.47 Å². The van der Waals surface area contributed by atoms with E-state index < -0.39 is 0 Å². The molecule has 2 aliphatic heterocycles. The predicted octanol–water partition coefficient (Wildman–Crippen LogP) is 19.8. The van der Waals surface area contributed by atoms with Gasteiger partial charge in [-0.1, -0.05) is 128 Å². The summed E-state index contributed by atoms with van der Waals surface area (Å²) in [5, 5.41) is 7.71. The lowest BCUT2D eigenvalue weighted by atomic mass is 9.81. The maximum atomic E-state index is 6.99. The molecule has 0 saturated heterocycles. The molecule has 0 saturated carbocycles. The van der Waals surface area contributed by atoms with Gasteiger partial charge in [-0.3, -0.25) is 0 Å². The molecule has 0 bridgehead atoms. The summed E-state index contributed by atoms with van der Waals surface area (Å²) in [5.74, 6) is 3.97. The van der Waals surface area contributed by atoms with Crippen LogP contribution < -0.4 is 19.3 Å². The monoisotopic (exact) mass is 936 g/mol. The highest BCUT2D eigenvalue weighted by Crippen LogP contribution is 2.62. The van der Waals surface area contributed by atoms with Gasteiger partial charge in [0.2, 0.25) is 0 Å². The van der Waals surface area contributed by atoms with E-state index in [1.165, 1.54) is 122 Å². The first-order chi connectivity index (χ1) is 34.5. The van der Waals surface area contributed by atoms with Crippen molar-refractivity contribution >= 4 is 66.4 Å². The fraction of sp³-hybridized carbons (Fsp3) is 0.235. The maximum Gasteiger partial charge on any atom is 0.152 e. The van der Waals surface area contributed by atoms with Crippen LogP contribution in [0.15, 0.2) is 133 Å². The summed E-state index contributed by atoms with van der Waals surface area (Å²) in [6.07, 6.45) is 0. The van der Waals surface area contributed by atoms with Crippen molar-refractivity contribution in [3.8, 4) is 45.3 Å². The SMILES string of the molecule is Cc1cc2c(cc1C)C(C)(C)c1cc3c(cc1-2)Oc1ccccc1N3c1ccc2cc(C(C)C)c3c(N4c5ccccc5Oc5cc6c(cc54)C(C)(C)c4cc(C)c(C)cc4-6)ccc4cc(C(C)C)c1c2c43. The third kappa shape index (κ3) is 5.64. The molecular formula is C68H60N2O2. The molecule has 0 N–H and O–H groups in total. The molecule has 2 heterocycles. The van der Waals surface area contributed by atoms with Crippen molar-refractivity contribution < 1.29 is 9.47 Å². The normalized spacial score (nSPS) is 15.3. The molecule has 354 valence electrons. The molecular weight excluding hydrogens is 877 g/mol. The molecule has 72 heavy (non-hydrogen) atoms. The van der Waals surface area contributed by atoms with Crippen LogP contribution in [-0.4, -0.2) is 0 Å². The number of hydrogen-bond donors (Lipinski definition) is 0. The van der Waals surface area contributed by atoms with Gasteiger partial charge in [-0.25, -0.2) is 0 Å². The summed E-state index contributed by atoms with van der Waals surface area (Å²) in [6.45, 7) is 27.9. The Morgan fingerprint density at radius 3 is 1.11 bits per heavy atom. The first kappa shape index (κ1) is 43.2. The molecule has 2 aliphatic carbocycles. The summed E-state index contributed by atoms with van der Waals surface area (Å²) in [5.41, 5.74) is 24.7. The van der Waals surface area contributed by atoms with E-state index >= 15 is 0 Å². The van der Waals surface area contributed by atoms with Crippen LogP contribution >= 0.6 is 0 Å². The lowest BCUT2D eigenvalue weighted by molar-refractivity contribution is 0.476. The lowest BCUT2D eigenvalue weighted by Crippen LogP contribution is -2.20. The van der Waals surface area contributed by atoms with Gasteiger partial charge in [-0.15, -0.1) is 0 Å². The van der Waals surface area contributed by atoms with Crippen molar-refractivity contribution in [1.82, 2.24) is 0 Å². The van der Waals surface area contributed by atoms with Gasteiger partial charge < -0.3 is 19.3 Å². The van der Waals surface area contributed by atoms with Gasteiger partial charge >= 0.3 is 0 Å². The predicted molar refractivity (Wildman–Crippen MR) is 302 cm³/mol. The Kier molecular flexibility index (Phi) is 8.73. The molecule has 10 aromatic rings. The summed E-state index contributed by atoms with van der Waals surface area (Å²) in [6, 6.07) is 50.9. The Morgan fingerprint density at radius 1 is 0.347 bits per heavy atom. The third-order valence-corrected chi connectivity index (χ3v) is 17.5. The second-order valence-corrected chi connectivity index (χ2v) is 23.1. The Morgan fingerprint density at radius 2 is 0.708 bits per heavy atom. The fourth-order valence-corrected chi connectivity index (χ4v) is 13.3. The van der Waals surface area contributed by atoms with E-state index in [1.54, 1.807) is 0 Å². The van der Waals surface area contributed by atoms with Crippen LogP contribution in [0.2, 0.25) is 0 Å². The van der Waals surface area contributed by atoms with Crippen LogP contribution in [0.4, 0.5) is 34.1 Å². The highest BCUT2D eigenvalue weighted by Gasteiger charge is 2.42. The van der Waals surface area contributed by atoms with Crippen LogP contribution in [0.1, 0.15) is 123 Å². The summed E-state index contributed by atoms with van der Waals surface area (Å²) in [4.78, 5) is 5.04. The summed E-state index contributed by atoms with van der Waals surface area (Å²) >= 11 is 0. The number of aryl methyl sites for hydroxylation is 4. The highest BCUT2D eigenvalue weighted by atomic mass is 16.5. The smallest absolute Gasteiger partial charge is 0.152 e. The Balaban J connectivity index is 1.05. The minimum Gasteiger partial charge on any atom is -0.453 e. The maximum absolute atomic E-state index is 6.99. The molecule has 4 aliphatic rings. The van der Waals surface area contributed by atoms with E-state index in [0.717, 1.165) is 45.7 Å². The number of rotatable bonds is 4. The molecule has 0 unspecified atom stereocenters. The van der Waals surface area contributed by atoms with Crippen LogP contribution in [0.5, 0.6) is 23.0 Å². The molecule has 0 fully saturated rings. The zero-order valence-corrected chi connectivity index (χ0v) is 43.6. The summed E-state index contributed by atoms with van der Waals surface area (Å²) in [7, 11) is 0. The van der Waals surface area contributed by atoms with Gasteiger partial charge in [-0.2, -0.15) is 0 Å². The number of hydrogen-bond acceptors (Lipinski definition) is 4. The molecule has 14 rings (SSSR count). The van der Waals surface area contributed by atoms with Crippen LogP contribution in [0.25, 0.3) is 54.6 Å². The average molecular weight is 937 g/mol. The molecule has 4 nitrogen and oxygen atoms in total. The number of benzene rings is 10. The first-order valence-corrected chi connectivity index (χ1v) is 26.0. The zero-order chi connectivity index (χ0) is 49.6. The van der Waals surface area contributed by atoms with Crippen molar-refractivity contribution in [2.24, 2.45) is 0 Å².